The van der Waals surface area contributed by atoms with Gasteiger partial charge in [0.05, 0.1) is 30.0 Å². The maximum atomic E-state index is 13.4. The Kier molecular flexibility index (Phi) is 5.53. The fourth-order valence-corrected chi connectivity index (χ4v) is 5.11. The van der Waals surface area contributed by atoms with E-state index in [0.717, 1.165) is 45.4 Å². The van der Waals surface area contributed by atoms with Crippen molar-refractivity contribution in [2.75, 3.05) is 6.61 Å². The van der Waals surface area contributed by atoms with Crippen molar-refractivity contribution in [2.45, 2.75) is 39.0 Å². The zero-order valence-corrected chi connectivity index (χ0v) is 20.9. The minimum Gasteiger partial charge on any atom is -0.508 e. The van der Waals surface area contributed by atoms with E-state index in [1.54, 1.807) is 18.3 Å². The Morgan fingerprint density at radius 2 is 1.74 bits per heavy atom. The number of hydrogen-bond acceptors (Lipinski definition) is 5. The average Bonchev–Trinajstić information content (AvgIpc) is 3.32. The largest absolute Gasteiger partial charge is 0.508 e. The molecule has 2 aromatic carbocycles. The fraction of sp³-hybridized carbons (Fsp3) is 0.320. The van der Waals surface area contributed by atoms with Gasteiger partial charge in [-0.15, -0.1) is 0 Å². The van der Waals surface area contributed by atoms with Crippen LogP contribution in [0.1, 0.15) is 5.56 Å². The summed E-state index contributed by atoms with van der Waals surface area (Å²) >= 11 is 0. The summed E-state index contributed by atoms with van der Waals surface area (Å²) < 4.78 is 11.0. The minimum atomic E-state index is -1.14. The Hall–Kier alpha value is -3.43. The fourth-order valence-electron chi connectivity index (χ4n) is 4.35. The first kappa shape index (κ1) is 22.4. The highest BCUT2D eigenvalue weighted by atomic mass is 28.3. The second-order valence-electron chi connectivity index (χ2n) is 9.97. The molecule has 0 aliphatic carbocycles. The Morgan fingerprint density at radius 3 is 2.53 bits per heavy atom. The number of aromatic nitrogens is 5. The van der Waals surface area contributed by atoms with Crippen LogP contribution in [-0.2, 0) is 25.1 Å². The molecule has 176 valence electrons. The van der Waals surface area contributed by atoms with Gasteiger partial charge in [-0.3, -0.25) is 4.79 Å². The van der Waals surface area contributed by atoms with Gasteiger partial charge in [-0.1, -0.05) is 31.8 Å². The third kappa shape index (κ3) is 4.01. The minimum absolute atomic E-state index is 0.167. The highest BCUT2D eigenvalue weighted by molar-refractivity contribution is 6.76. The van der Waals surface area contributed by atoms with E-state index in [1.165, 1.54) is 4.68 Å². The summed E-state index contributed by atoms with van der Waals surface area (Å²) in [5, 5.41) is 21.5. The molecule has 0 saturated heterocycles. The van der Waals surface area contributed by atoms with Crippen LogP contribution in [0, 0.1) is 0 Å². The molecule has 0 saturated carbocycles. The monoisotopic (exact) mass is 475 g/mol. The van der Waals surface area contributed by atoms with Crippen LogP contribution in [-0.4, -0.2) is 43.9 Å². The van der Waals surface area contributed by atoms with E-state index < -0.39 is 8.07 Å². The molecular formula is C25H29N5O3Si. The van der Waals surface area contributed by atoms with Crippen LogP contribution in [0.3, 0.4) is 0 Å². The van der Waals surface area contributed by atoms with Gasteiger partial charge in [0.2, 0.25) is 0 Å². The Balaban J connectivity index is 1.46. The molecule has 0 unspecified atom stereocenters. The predicted octanol–water partition coefficient (Wildman–Crippen LogP) is 4.30. The number of hydrogen-bond donors (Lipinski definition) is 1. The van der Waals surface area contributed by atoms with Gasteiger partial charge in [0.25, 0.3) is 5.56 Å². The lowest BCUT2D eigenvalue weighted by atomic mass is 10.1. The molecule has 34 heavy (non-hydrogen) atoms. The molecule has 9 heteroatoms. The van der Waals surface area contributed by atoms with E-state index in [4.69, 9.17) is 4.74 Å². The highest BCUT2D eigenvalue weighted by Crippen LogP contribution is 2.28. The number of phenols is 1. The molecule has 0 aliphatic heterocycles. The number of aryl methyl sites for hydroxylation is 1. The summed E-state index contributed by atoms with van der Waals surface area (Å²) in [7, 11) is 0.700. The molecule has 0 fully saturated rings. The van der Waals surface area contributed by atoms with E-state index >= 15 is 0 Å². The van der Waals surface area contributed by atoms with Gasteiger partial charge in [0, 0.05) is 44.0 Å². The number of benzene rings is 2. The molecule has 5 rings (SSSR count). The van der Waals surface area contributed by atoms with Crippen molar-refractivity contribution in [3.05, 3.63) is 64.7 Å². The maximum absolute atomic E-state index is 13.4. The first-order valence-corrected chi connectivity index (χ1v) is 15.1. The van der Waals surface area contributed by atoms with E-state index in [1.807, 2.05) is 46.8 Å². The van der Waals surface area contributed by atoms with Gasteiger partial charge in [-0.2, -0.15) is 10.2 Å². The number of fused-ring (bicyclic) bond motifs is 4. The van der Waals surface area contributed by atoms with Crippen molar-refractivity contribution in [1.82, 2.24) is 24.1 Å². The van der Waals surface area contributed by atoms with Crippen molar-refractivity contribution >= 4 is 40.8 Å². The van der Waals surface area contributed by atoms with E-state index in [2.05, 4.69) is 29.8 Å². The Labute approximate surface area is 198 Å². The quantitative estimate of drug-likeness (QED) is 0.280. The summed E-state index contributed by atoms with van der Waals surface area (Å²) in [6.07, 6.45) is 3.56. The van der Waals surface area contributed by atoms with E-state index in [-0.39, 0.29) is 11.3 Å². The summed E-state index contributed by atoms with van der Waals surface area (Å²) in [5.41, 5.74) is 3.13. The van der Waals surface area contributed by atoms with Gasteiger partial charge >= 0.3 is 0 Å². The molecule has 0 atom stereocenters. The second kappa shape index (κ2) is 8.41. The van der Waals surface area contributed by atoms with Gasteiger partial charge in [-0.05, 0) is 29.8 Å². The number of rotatable bonds is 7. The SMILES string of the molecule is Cn1c2cc(O)ccc2c2cnn(Cc3cccc4c3cnn4COCC[Si](C)(C)C)c(=O)c21. The van der Waals surface area contributed by atoms with Crippen LogP contribution in [0.4, 0.5) is 0 Å². The van der Waals surface area contributed by atoms with E-state index in [0.29, 0.717) is 18.8 Å². The number of ether oxygens (including phenoxy) is 1. The van der Waals surface area contributed by atoms with Crippen molar-refractivity contribution in [2.24, 2.45) is 7.05 Å². The van der Waals surface area contributed by atoms with Crippen molar-refractivity contribution in [3.8, 4) is 5.75 Å². The average molecular weight is 476 g/mol. The van der Waals surface area contributed by atoms with Gasteiger partial charge in [-0.25, -0.2) is 9.36 Å². The zero-order chi connectivity index (χ0) is 24.0. The first-order valence-electron chi connectivity index (χ1n) is 11.4. The van der Waals surface area contributed by atoms with Crippen LogP contribution in [0.15, 0.2) is 53.6 Å². The lowest BCUT2D eigenvalue weighted by Gasteiger charge is -2.15. The van der Waals surface area contributed by atoms with Crippen LogP contribution < -0.4 is 5.56 Å². The molecular weight excluding hydrogens is 446 g/mol. The number of aromatic hydroxyl groups is 1. The van der Waals surface area contributed by atoms with E-state index in [9.17, 15) is 9.90 Å². The lowest BCUT2D eigenvalue weighted by molar-refractivity contribution is 0.0817. The van der Waals surface area contributed by atoms with Gasteiger partial charge in [0.1, 0.15) is 18.0 Å². The number of nitrogens with zero attached hydrogens (tertiary/aromatic N) is 5. The van der Waals surface area contributed by atoms with Crippen molar-refractivity contribution in [3.63, 3.8) is 0 Å². The summed E-state index contributed by atoms with van der Waals surface area (Å²) in [5.74, 6) is 0.167. The topological polar surface area (TPSA) is 87.1 Å². The summed E-state index contributed by atoms with van der Waals surface area (Å²) in [6, 6.07) is 12.2. The van der Waals surface area contributed by atoms with Crippen LogP contribution >= 0.6 is 0 Å². The third-order valence-electron chi connectivity index (χ3n) is 6.29. The normalized spacial score (nSPS) is 12.4. The first-order chi connectivity index (χ1) is 16.2. The second-order valence-corrected chi connectivity index (χ2v) is 15.6. The predicted molar refractivity (Wildman–Crippen MR) is 137 cm³/mol. The molecule has 3 heterocycles. The molecule has 0 bridgehead atoms. The molecule has 0 radical (unpaired) electrons. The molecule has 8 nitrogen and oxygen atoms in total. The third-order valence-corrected chi connectivity index (χ3v) is 8.00. The van der Waals surface area contributed by atoms with Crippen molar-refractivity contribution < 1.29 is 9.84 Å². The standard InChI is InChI=1S/C25H29N5O3Si/c1-28-23-12-18(31)8-9-19(23)21-14-26-29(25(32)24(21)28)15-17-6-5-7-22-20(17)13-27-30(22)16-33-10-11-34(2,3)4/h5-9,12-14,31H,10-11,15-16H2,1-4H3. The molecule has 5 aromatic rings. The molecule has 0 amide bonds. The molecule has 1 N–H and O–H groups in total. The lowest BCUT2D eigenvalue weighted by Crippen LogP contribution is -2.24. The van der Waals surface area contributed by atoms with Crippen LogP contribution in [0.25, 0.3) is 32.7 Å². The van der Waals surface area contributed by atoms with Crippen LogP contribution in [0.2, 0.25) is 25.7 Å². The molecule has 0 spiro atoms. The van der Waals surface area contributed by atoms with Crippen molar-refractivity contribution in [1.29, 1.82) is 0 Å². The summed E-state index contributed by atoms with van der Waals surface area (Å²) in [4.78, 5) is 13.4. The van der Waals surface area contributed by atoms with Gasteiger partial charge < -0.3 is 14.4 Å². The molecule has 0 aliphatic rings. The zero-order valence-electron chi connectivity index (χ0n) is 19.9. The maximum Gasteiger partial charge on any atom is 0.291 e. The van der Waals surface area contributed by atoms with Gasteiger partial charge in [0.15, 0.2) is 0 Å². The molecule has 3 aromatic heterocycles. The number of phenolic OH excluding ortho intramolecular Hbond substituents is 1. The van der Waals surface area contributed by atoms with Crippen LogP contribution in [0.5, 0.6) is 5.75 Å². The Morgan fingerprint density at radius 1 is 0.971 bits per heavy atom. The smallest absolute Gasteiger partial charge is 0.291 e. The summed E-state index contributed by atoms with van der Waals surface area (Å²) in [6.45, 7) is 8.48. The Bertz CT molecular complexity index is 1580. The highest BCUT2D eigenvalue weighted by Gasteiger charge is 2.16.